The van der Waals surface area contributed by atoms with Crippen LogP contribution in [0.25, 0.3) is 21.8 Å². The second kappa shape index (κ2) is 5.31. The van der Waals surface area contributed by atoms with Gasteiger partial charge in [-0.05, 0) is 30.3 Å². The van der Waals surface area contributed by atoms with E-state index in [1.54, 1.807) is 30.3 Å². The number of hydrogen-bond donors (Lipinski definition) is 3. The van der Waals surface area contributed by atoms with Gasteiger partial charge in [0.25, 0.3) is 11.8 Å². The van der Waals surface area contributed by atoms with E-state index in [0.29, 0.717) is 21.8 Å². The summed E-state index contributed by atoms with van der Waals surface area (Å²) in [5.41, 5.74) is 1.27. The van der Waals surface area contributed by atoms with Gasteiger partial charge in [-0.3, -0.25) is 14.9 Å². The summed E-state index contributed by atoms with van der Waals surface area (Å²) < 4.78 is 19.3. The fourth-order valence-corrected chi connectivity index (χ4v) is 3.44. The molecule has 1 aromatic heterocycles. The van der Waals surface area contributed by atoms with Crippen LogP contribution >= 0.6 is 0 Å². The van der Waals surface area contributed by atoms with Crippen LogP contribution in [0.4, 0.5) is 4.39 Å². The summed E-state index contributed by atoms with van der Waals surface area (Å²) in [4.78, 5) is 27.9. The van der Waals surface area contributed by atoms with Crippen LogP contribution in [0, 0.1) is 5.82 Å². The number of aromatic nitrogens is 1. The van der Waals surface area contributed by atoms with E-state index >= 15 is 0 Å². The number of benzene rings is 3. The average Bonchev–Trinajstić information content (AvgIpc) is 3.13. The van der Waals surface area contributed by atoms with Crippen molar-refractivity contribution in [2.45, 2.75) is 0 Å². The molecule has 7 heteroatoms. The predicted molar refractivity (Wildman–Crippen MR) is 95.7 cm³/mol. The number of para-hydroxylation sites is 2. The topological polar surface area (TPSA) is 91.4 Å². The smallest absolute Gasteiger partial charge is 0.262 e. The van der Waals surface area contributed by atoms with Crippen LogP contribution in [0.1, 0.15) is 20.7 Å². The minimum absolute atomic E-state index is 0.0842. The van der Waals surface area contributed by atoms with Crippen molar-refractivity contribution in [1.82, 2.24) is 10.3 Å². The number of phenols is 1. The van der Waals surface area contributed by atoms with Gasteiger partial charge in [0, 0.05) is 22.4 Å². The number of carbonyl (C=O) groups excluding carboxylic acids is 2. The summed E-state index contributed by atoms with van der Waals surface area (Å²) in [7, 11) is 0. The zero-order valence-electron chi connectivity index (χ0n) is 13.7. The number of amides is 2. The fraction of sp³-hybridized carbons (Fsp3) is 0. The maximum Gasteiger partial charge on any atom is 0.262 e. The lowest BCUT2D eigenvalue weighted by Crippen LogP contribution is -2.20. The zero-order chi connectivity index (χ0) is 18.7. The van der Waals surface area contributed by atoms with Crippen LogP contribution in [0.3, 0.4) is 0 Å². The molecule has 0 saturated heterocycles. The van der Waals surface area contributed by atoms with Crippen molar-refractivity contribution >= 4 is 33.6 Å². The molecular formula is C20H11FN2O4. The normalized spacial score (nSPS) is 13.2. The quantitative estimate of drug-likeness (QED) is 0.473. The van der Waals surface area contributed by atoms with Gasteiger partial charge in [0.1, 0.15) is 11.6 Å². The van der Waals surface area contributed by atoms with Gasteiger partial charge in [-0.15, -0.1) is 0 Å². The molecule has 0 unspecified atom stereocenters. The average molecular weight is 362 g/mol. The molecule has 2 heterocycles. The maximum atomic E-state index is 13.6. The molecule has 0 aliphatic carbocycles. The molecule has 1 aliphatic rings. The van der Waals surface area contributed by atoms with E-state index < -0.39 is 17.6 Å². The van der Waals surface area contributed by atoms with Crippen molar-refractivity contribution in [3.05, 3.63) is 65.5 Å². The molecule has 3 aromatic carbocycles. The summed E-state index contributed by atoms with van der Waals surface area (Å²) in [6, 6.07) is 12.0. The standard InChI is InChI=1S/C20H11FN2O4/c21-9-5-6-10-11(7-9)22-12-8-15(27-14-4-2-1-3-13(14)24)17-18(16(10)12)20(26)23-19(17)25/h1-8,22,24H,(H,23,25,26). The van der Waals surface area contributed by atoms with Crippen LogP contribution in [-0.2, 0) is 0 Å². The lowest BCUT2D eigenvalue weighted by molar-refractivity contribution is 0.0879. The highest BCUT2D eigenvalue weighted by Gasteiger charge is 2.34. The summed E-state index contributed by atoms with van der Waals surface area (Å²) in [6.45, 7) is 0. The lowest BCUT2D eigenvalue weighted by atomic mass is 10.0. The molecule has 0 spiro atoms. The van der Waals surface area contributed by atoms with Crippen molar-refractivity contribution in [2.75, 3.05) is 0 Å². The van der Waals surface area contributed by atoms with Crippen LogP contribution in [0.2, 0.25) is 0 Å². The summed E-state index contributed by atoms with van der Waals surface area (Å²) >= 11 is 0. The number of fused-ring (bicyclic) bond motifs is 5. The third-order valence-corrected chi connectivity index (χ3v) is 4.58. The van der Waals surface area contributed by atoms with E-state index in [1.807, 2.05) is 0 Å². The minimum atomic E-state index is -0.584. The Morgan fingerprint density at radius 1 is 0.889 bits per heavy atom. The summed E-state index contributed by atoms with van der Waals surface area (Å²) in [5, 5.41) is 13.4. The van der Waals surface area contributed by atoms with E-state index in [0.717, 1.165) is 0 Å². The summed E-state index contributed by atoms with van der Waals surface area (Å²) in [6.07, 6.45) is 0. The van der Waals surface area contributed by atoms with Gasteiger partial charge >= 0.3 is 0 Å². The second-order valence-corrected chi connectivity index (χ2v) is 6.22. The van der Waals surface area contributed by atoms with Crippen LogP contribution in [0.15, 0.2) is 48.5 Å². The molecule has 0 saturated carbocycles. The monoisotopic (exact) mass is 362 g/mol. The fourth-order valence-electron chi connectivity index (χ4n) is 3.44. The molecule has 2 amide bonds. The van der Waals surface area contributed by atoms with Gasteiger partial charge in [-0.2, -0.15) is 0 Å². The minimum Gasteiger partial charge on any atom is -0.504 e. The third-order valence-electron chi connectivity index (χ3n) is 4.58. The summed E-state index contributed by atoms with van der Waals surface area (Å²) in [5.74, 6) is -1.39. The zero-order valence-corrected chi connectivity index (χ0v) is 13.7. The number of hydrogen-bond acceptors (Lipinski definition) is 4. The van der Waals surface area contributed by atoms with E-state index in [-0.39, 0.29) is 28.4 Å². The third kappa shape index (κ3) is 2.18. The highest BCUT2D eigenvalue weighted by atomic mass is 19.1. The molecule has 27 heavy (non-hydrogen) atoms. The first kappa shape index (κ1) is 15.4. The first-order valence-electron chi connectivity index (χ1n) is 8.12. The number of aromatic hydroxyl groups is 1. The van der Waals surface area contributed by atoms with Gasteiger partial charge in [-0.25, -0.2) is 4.39 Å². The van der Waals surface area contributed by atoms with Crippen molar-refractivity contribution in [1.29, 1.82) is 0 Å². The molecule has 5 rings (SSSR count). The number of halogens is 1. The highest BCUT2D eigenvalue weighted by Crippen LogP contribution is 2.41. The number of carbonyl (C=O) groups is 2. The Morgan fingerprint density at radius 2 is 1.67 bits per heavy atom. The molecule has 0 fully saturated rings. The van der Waals surface area contributed by atoms with E-state index in [4.69, 9.17) is 4.74 Å². The lowest BCUT2D eigenvalue weighted by Gasteiger charge is -2.11. The maximum absolute atomic E-state index is 13.6. The number of imide groups is 1. The van der Waals surface area contributed by atoms with Gasteiger partial charge in [-0.1, -0.05) is 12.1 Å². The van der Waals surface area contributed by atoms with Crippen LogP contribution in [-0.4, -0.2) is 21.9 Å². The van der Waals surface area contributed by atoms with Crippen molar-refractivity contribution in [3.63, 3.8) is 0 Å². The molecule has 4 aromatic rings. The van der Waals surface area contributed by atoms with Gasteiger partial charge in [0.2, 0.25) is 0 Å². The van der Waals surface area contributed by atoms with Crippen LogP contribution in [0.5, 0.6) is 17.2 Å². The van der Waals surface area contributed by atoms with Crippen LogP contribution < -0.4 is 10.1 Å². The molecule has 0 bridgehead atoms. The first-order valence-corrected chi connectivity index (χ1v) is 8.12. The van der Waals surface area contributed by atoms with Gasteiger partial charge in [0.15, 0.2) is 11.5 Å². The van der Waals surface area contributed by atoms with Crippen molar-refractivity contribution in [2.24, 2.45) is 0 Å². The Morgan fingerprint density at radius 3 is 2.48 bits per heavy atom. The molecule has 0 radical (unpaired) electrons. The van der Waals surface area contributed by atoms with Gasteiger partial charge in [0.05, 0.1) is 16.6 Å². The molecule has 0 atom stereocenters. The van der Waals surface area contributed by atoms with Crippen molar-refractivity contribution in [3.8, 4) is 17.2 Å². The number of H-pyrrole nitrogens is 1. The van der Waals surface area contributed by atoms with Crippen molar-refractivity contribution < 1.29 is 23.8 Å². The second-order valence-electron chi connectivity index (χ2n) is 6.22. The number of phenolic OH excluding ortho intramolecular Hbond substituents is 1. The Kier molecular flexibility index (Phi) is 3.03. The highest BCUT2D eigenvalue weighted by molar-refractivity contribution is 6.31. The number of ether oxygens (including phenoxy) is 1. The SMILES string of the molecule is O=C1NC(=O)c2c1c(Oc1ccccc1O)cc1[nH]c3cc(F)ccc3c21. The van der Waals surface area contributed by atoms with E-state index in [9.17, 15) is 19.1 Å². The predicted octanol–water partition coefficient (Wildman–Crippen LogP) is 3.84. The van der Waals surface area contributed by atoms with E-state index in [1.165, 1.54) is 18.2 Å². The molecule has 6 nitrogen and oxygen atoms in total. The molecule has 132 valence electrons. The number of aromatic amines is 1. The molecule has 1 aliphatic heterocycles. The first-order chi connectivity index (χ1) is 13.0. The Balaban J connectivity index is 1.84. The van der Waals surface area contributed by atoms with E-state index in [2.05, 4.69) is 10.3 Å². The largest absolute Gasteiger partial charge is 0.504 e. The molecule has 3 N–H and O–H groups in total. The Bertz CT molecular complexity index is 1290. The Hall–Kier alpha value is -3.87. The Labute approximate surface area is 151 Å². The molecular weight excluding hydrogens is 351 g/mol. The van der Waals surface area contributed by atoms with Gasteiger partial charge < -0.3 is 14.8 Å². The number of rotatable bonds is 2. The number of nitrogens with one attached hydrogen (secondary N) is 2.